The van der Waals surface area contributed by atoms with Crippen LogP contribution in [0.25, 0.3) is 0 Å². The molecule has 0 spiro atoms. The number of halogens is 1. The number of esters is 1. The van der Waals surface area contributed by atoms with Crippen LogP contribution in [0.3, 0.4) is 0 Å². The molecule has 1 aromatic rings. The third-order valence-electron chi connectivity index (χ3n) is 4.49. The summed E-state index contributed by atoms with van der Waals surface area (Å²) in [6.45, 7) is 9.90. The third-order valence-corrected chi connectivity index (χ3v) is 4.49. The predicted molar refractivity (Wildman–Crippen MR) is 112 cm³/mol. The second-order valence-electron chi connectivity index (χ2n) is 8.23. The van der Waals surface area contributed by atoms with Crippen LogP contribution in [0.1, 0.15) is 40.2 Å². The van der Waals surface area contributed by atoms with E-state index in [1.54, 1.807) is 39.8 Å². The first-order valence-corrected chi connectivity index (χ1v) is 9.97. The van der Waals surface area contributed by atoms with Gasteiger partial charge in [0.25, 0.3) is 0 Å². The second kappa shape index (κ2) is 9.73. The van der Waals surface area contributed by atoms with E-state index in [1.807, 2.05) is 6.92 Å². The lowest BCUT2D eigenvalue weighted by Gasteiger charge is -2.36. The van der Waals surface area contributed by atoms with Crippen LogP contribution in [0.2, 0.25) is 0 Å². The summed E-state index contributed by atoms with van der Waals surface area (Å²) in [6.07, 6.45) is -0.499. The predicted octanol–water partition coefficient (Wildman–Crippen LogP) is 3.64. The van der Waals surface area contributed by atoms with Gasteiger partial charge in [0.2, 0.25) is 0 Å². The average Bonchev–Trinajstić information content (AvgIpc) is 2.66. The molecule has 0 saturated carbocycles. The summed E-state index contributed by atoms with van der Waals surface area (Å²) in [5.74, 6) is -1.23. The molecule has 1 aliphatic rings. The smallest absolute Gasteiger partial charge is 0.410 e. The summed E-state index contributed by atoms with van der Waals surface area (Å²) in [5.41, 5.74) is 0.989. The third kappa shape index (κ3) is 6.30. The van der Waals surface area contributed by atoms with Crippen LogP contribution in [0.4, 0.5) is 9.18 Å². The highest BCUT2D eigenvalue weighted by Gasteiger charge is 2.34. The number of hydrogen-bond donors (Lipinski definition) is 2. The summed E-state index contributed by atoms with van der Waals surface area (Å²) in [7, 11) is 0. The van der Waals surface area contributed by atoms with Crippen LogP contribution in [-0.2, 0) is 20.8 Å². The Labute approximate surface area is 176 Å². The molecule has 1 heterocycles. The number of nitrogens with zero attached hydrogens (tertiary/aromatic N) is 1. The Morgan fingerprint density at radius 2 is 1.90 bits per heavy atom. The van der Waals surface area contributed by atoms with Crippen molar-refractivity contribution in [3.63, 3.8) is 0 Å². The largest absolute Gasteiger partial charge is 0.461 e. The highest BCUT2D eigenvalue weighted by molar-refractivity contribution is 6.42. The number of benzene rings is 1. The molecular formula is C22H30FN3O4. The lowest BCUT2D eigenvalue weighted by atomic mass is 9.93. The van der Waals surface area contributed by atoms with Crippen molar-refractivity contribution in [3.05, 3.63) is 46.9 Å². The molecule has 0 saturated heterocycles. The molecule has 30 heavy (non-hydrogen) atoms. The maximum absolute atomic E-state index is 13.2. The maximum Gasteiger partial charge on any atom is 0.410 e. The van der Waals surface area contributed by atoms with Crippen molar-refractivity contribution < 1.29 is 23.5 Å². The number of nitrogens with one attached hydrogen (secondary N) is 2. The molecule has 0 aromatic heterocycles. The highest BCUT2D eigenvalue weighted by Crippen LogP contribution is 2.25. The van der Waals surface area contributed by atoms with Gasteiger partial charge in [-0.2, -0.15) is 0 Å². The summed E-state index contributed by atoms with van der Waals surface area (Å²) >= 11 is 0. The Morgan fingerprint density at radius 1 is 1.27 bits per heavy atom. The molecule has 0 bridgehead atoms. The van der Waals surface area contributed by atoms with E-state index in [-0.39, 0.29) is 30.6 Å². The van der Waals surface area contributed by atoms with Crippen molar-refractivity contribution in [3.8, 4) is 0 Å². The fourth-order valence-electron chi connectivity index (χ4n) is 3.15. The van der Waals surface area contributed by atoms with Gasteiger partial charge in [-0.1, -0.05) is 19.1 Å². The Morgan fingerprint density at radius 3 is 2.47 bits per heavy atom. The molecule has 1 unspecified atom stereocenters. The van der Waals surface area contributed by atoms with Gasteiger partial charge < -0.3 is 19.7 Å². The molecular weight excluding hydrogens is 389 g/mol. The summed E-state index contributed by atoms with van der Waals surface area (Å²) in [4.78, 5) is 26.3. The van der Waals surface area contributed by atoms with E-state index < -0.39 is 17.7 Å². The Kier molecular flexibility index (Phi) is 7.59. The van der Waals surface area contributed by atoms with E-state index in [1.165, 1.54) is 17.0 Å². The number of hydrogen-bond acceptors (Lipinski definition) is 6. The quantitative estimate of drug-likeness (QED) is 0.543. The molecule has 1 amide bonds. The van der Waals surface area contributed by atoms with Crippen LogP contribution in [-0.4, -0.2) is 48.0 Å². The topological polar surface area (TPSA) is 91.7 Å². The van der Waals surface area contributed by atoms with Crippen molar-refractivity contribution in [1.29, 1.82) is 5.41 Å². The highest BCUT2D eigenvalue weighted by atomic mass is 19.1. The van der Waals surface area contributed by atoms with Gasteiger partial charge in [-0.25, -0.2) is 14.0 Å². The number of amides is 1. The van der Waals surface area contributed by atoms with Gasteiger partial charge in [-0.05, 0) is 45.4 Å². The van der Waals surface area contributed by atoms with E-state index in [2.05, 4.69) is 5.32 Å². The monoisotopic (exact) mass is 419 g/mol. The van der Waals surface area contributed by atoms with Gasteiger partial charge in [0.15, 0.2) is 0 Å². The summed E-state index contributed by atoms with van der Waals surface area (Å²) in [5, 5.41) is 11.6. The fraction of sp³-hybridized carbons (Fsp3) is 0.500. The minimum atomic E-state index is -0.744. The zero-order valence-corrected chi connectivity index (χ0v) is 18.2. The number of carbonyl (C=O) groups excluding carboxylic acids is 2. The van der Waals surface area contributed by atoms with Crippen molar-refractivity contribution >= 4 is 17.8 Å². The van der Waals surface area contributed by atoms with Gasteiger partial charge in [0.05, 0.1) is 13.2 Å². The Bertz CT molecular complexity index is 828. The molecule has 2 rings (SSSR count). The maximum atomic E-state index is 13.2. The lowest BCUT2D eigenvalue weighted by Crippen LogP contribution is -2.47. The first-order chi connectivity index (χ1) is 14.0. The fourth-order valence-corrected chi connectivity index (χ4v) is 3.15. The van der Waals surface area contributed by atoms with Crippen molar-refractivity contribution in [2.75, 3.05) is 19.7 Å². The summed E-state index contributed by atoms with van der Waals surface area (Å²) in [6, 6.07) is 6.09. The second-order valence-corrected chi connectivity index (χ2v) is 8.23. The Hall–Kier alpha value is -2.90. The SMILES string of the molecule is CCOC(=O)C(=N)C1=C(NCc2ccc(F)cc2)C(C)CN(C(=O)OC(C)(C)C)C1. The molecule has 0 radical (unpaired) electrons. The van der Waals surface area contributed by atoms with Gasteiger partial charge in [-0.3, -0.25) is 5.41 Å². The van der Waals surface area contributed by atoms with Crippen LogP contribution >= 0.6 is 0 Å². The molecule has 7 nitrogen and oxygen atoms in total. The molecule has 2 N–H and O–H groups in total. The molecule has 1 atom stereocenters. The molecule has 1 aliphatic heterocycles. The molecule has 0 fully saturated rings. The van der Waals surface area contributed by atoms with Gasteiger partial charge in [-0.15, -0.1) is 0 Å². The lowest BCUT2D eigenvalue weighted by molar-refractivity contribution is -0.135. The molecule has 8 heteroatoms. The van der Waals surface area contributed by atoms with E-state index in [0.717, 1.165) is 5.56 Å². The van der Waals surface area contributed by atoms with Gasteiger partial charge >= 0.3 is 12.1 Å². The van der Waals surface area contributed by atoms with Crippen molar-refractivity contribution in [2.45, 2.75) is 46.8 Å². The molecule has 164 valence electrons. The van der Waals surface area contributed by atoms with Crippen LogP contribution < -0.4 is 5.32 Å². The van der Waals surface area contributed by atoms with Gasteiger partial charge in [0.1, 0.15) is 17.1 Å². The van der Waals surface area contributed by atoms with Crippen molar-refractivity contribution in [2.24, 2.45) is 5.92 Å². The first kappa shape index (κ1) is 23.4. The number of ether oxygens (including phenoxy) is 2. The van der Waals surface area contributed by atoms with E-state index in [9.17, 15) is 14.0 Å². The zero-order chi connectivity index (χ0) is 22.5. The zero-order valence-electron chi connectivity index (χ0n) is 18.2. The number of rotatable bonds is 6. The van der Waals surface area contributed by atoms with E-state index in [4.69, 9.17) is 14.9 Å². The molecule has 0 aliphatic carbocycles. The van der Waals surface area contributed by atoms with E-state index in [0.29, 0.717) is 24.4 Å². The van der Waals surface area contributed by atoms with Crippen LogP contribution in [0.5, 0.6) is 0 Å². The first-order valence-electron chi connectivity index (χ1n) is 9.97. The molecule has 1 aromatic carbocycles. The normalized spacial score (nSPS) is 16.9. The van der Waals surface area contributed by atoms with E-state index >= 15 is 0 Å². The average molecular weight is 419 g/mol. The summed E-state index contributed by atoms with van der Waals surface area (Å²) < 4.78 is 23.6. The van der Waals surface area contributed by atoms with Crippen LogP contribution in [0.15, 0.2) is 35.5 Å². The minimum absolute atomic E-state index is 0.0582. The van der Waals surface area contributed by atoms with Crippen molar-refractivity contribution in [1.82, 2.24) is 10.2 Å². The van der Waals surface area contributed by atoms with Crippen LogP contribution in [0, 0.1) is 17.1 Å². The Balaban J connectivity index is 2.29. The standard InChI is InChI=1S/C22H30FN3O4/c1-6-29-20(27)18(24)17-13-26(21(28)30-22(3,4)5)12-14(2)19(17)25-11-15-7-9-16(23)10-8-15/h7-10,14,24-25H,6,11-13H2,1-5H3. The van der Waals surface area contributed by atoms with Gasteiger partial charge in [0, 0.05) is 30.3 Å². The minimum Gasteiger partial charge on any atom is -0.461 e. The number of carbonyl (C=O) groups is 2.